The third-order valence-electron chi connectivity index (χ3n) is 2.49. The molecule has 0 aliphatic heterocycles. The van der Waals surface area contributed by atoms with E-state index in [1.54, 1.807) is 13.0 Å². The first kappa shape index (κ1) is 14.7. The number of benzene rings is 1. The van der Waals surface area contributed by atoms with Gasteiger partial charge >= 0.3 is 5.97 Å². The van der Waals surface area contributed by atoms with Gasteiger partial charge in [0.25, 0.3) is 0 Å². The fourth-order valence-corrected chi connectivity index (χ4v) is 2.48. The predicted octanol–water partition coefficient (Wildman–Crippen LogP) is 2.40. The van der Waals surface area contributed by atoms with Crippen LogP contribution in [-0.4, -0.2) is 35.1 Å². The van der Waals surface area contributed by atoms with Gasteiger partial charge in [-0.15, -0.1) is 5.10 Å². The number of ether oxygens (including phenoxy) is 2. The molecular formula is C12H11FIN3O3. The zero-order chi connectivity index (χ0) is 14.7. The maximum absolute atomic E-state index is 13.9. The van der Waals surface area contributed by atoms with Crippen molar-refractivity contribution in [3.8, 4) is 17.0 Å². The van der Waals surface area contributed by atoms with Gasteiger partial charge in [-0.05, 0) is 41.6 Å². The van der Waals surface area contributed by atoms with Crippen LogP contribution in [0.3, 0.4) is 0 Å². The minimum absolute atomic E-state index is 0.0206. The van der Waals surface area contributed by atoms with Gasteiger partial charge in [-0.2, -0.15) is 10.3 Å². The topological polar surface area (TPSA) is 77.1 Å². The average Bonchev–Trinajstić information content (AvgIpc) is 2.87. The van der Waals surface area contributed by atoms with Gasteiger partial charge in [0, 0.05) is 5.56 Å². The van der Waals surface area contributed by atoms with Crippen molar-refractivity contribution in [2.24, 2.45) is 0 Å². The van der Waals surface area contributed by atoms with Crippen molar-refractivity contribution < 1.29 is 18.7 Å². The van der Waals surface area contributed by atoms with Crippen LogP contribution in [0.1, 0.15) is 17.4 Å². The first-order chi connectivity index (χ1) is 9.58. The number of nitrogens with one attached hydrogen (secondary N) is 1. The molecule has 1 N–H and O–H groups in total. The van der Waals surface area contributed by atoms with E-state index in [-0.39, 0.29) is 23.7 Å². The lowest BCUT2D eigenvalue weighted by atomic mass is 10.1. The van der Waals surface area contributed by atoms with Crippen LogP contribution in [0.25, 0.3) is 11.3 Å². The molecular weight excluding hydrogens is 380 g/mol. The maximum Gasteiger partial charge on any atom is 0.361 e. The van der Waals surface area contributed by atoms with E-state index in [4.69, 9.17) is 9.47 Å². The van der Waals surface area contributed by atoms with Crippen LogP contribution in [0, 0.1) is 9.39 Å². The highest BCUT2D eigenvalue weighted by Gasteiger charge is 2.21. The van der Waals surface area contributed by atoms with Gasteiger partial charge in [0.1, 0.15) is 5.69 Å². The number of rotatable bonds is 4. The van der Waals surface area contributed by atoms with Gasteiger partial charge in [0.05, 0.1) is 17.3 Å². The largest absolute Gasteiger partial charge is 0.493 e. The van der Waals surface area contributed by atoms with E-state index in [1.807, 2.05) is 22.6 Å². The first-order valence-electron chi connectivity index (χ1n) is 5.69. The molecule has 0 amide bonds. The Labute approximate surface area is 127 Å². The Bertz CT molecular complexity index is 622. The van der Waals surface area contributed by atoms with Crippen molar-refractivity contribution >= 4 is 28.6 Å². The number of methoxy groups -OCH3 is 1. The molecule has 20 heavy (non-hydrogen) atoms. The Hall–Kier alpha value is -1.71. The molecule has 1 aromatic carbocycles. The van der Waals surface area contributed by atoms with Crippen molar-refractivity contribution in [3.05, 3.63) is 27.2 Å². The van der Waals surface area contributed by atoms with E-state index in [2.05, 4.69) is 15.4 Å². The summed E-state index contributed by atoms with van der Waals surface area (Å²) in [4.78, 5) is 11.7. The van der Waals surface area contributed by atoms with Crippen LogP contribution >= 0.6 is 22.6 Å². The van der Waals surface area contributed by atoms with Crippen LogP contribution < -0.4 is 4.74 Å². The molecule has 106 valence electrons. The Kier molecular flexibility index (Phi) is 4.53. The molecule has 1 heterocycles. The lowest BCUT2D eigenvalue weighted by Gasteiger charge is -2.07. The molecule has 0 unspecified atom stereocenters. The molecule has 0 saturated heterocycles. The highest BCUT2D eigenvalue weighted by Crippen LogP contribution is 2.31. The van der Waals surface area contributed by atoms with E-state index in [9.17, 15) is 9.18 Å². The SMILES string of the molecule is CCOC(=O)c1n[nH]nc1-c1cc(F)c(OC)c(I)c1. The van der Waals surface area contributed by atoms with Gasteiger partial charge in [0.2, 0.25) is 0 Å². The molecule has 0 radical (unpaired) electrons. The summed E-state index contributed by atoms with van der Waals surface area (Å²) in [6.07, 6.45) is 0. The van der Waals surface area contributed by atoms with E-state index < -0.39 is 11.8 Å². The number of carbonyl (C=O) groups excluding carboxylic acids is 1. The summed E-state index contributed by atoms with van der Waals surface area (Å²) in [6, 6.07) is 2.89. The zero-order valence-electron chi connectivity index (χ0n) is 10.7. The fraction of sp³-hybridized carbons (Fsp3) is 0.250. The second-order valence-electron chi connectivity index (χ2n) is 3.71. The molecule has 0 aliphatic carbocycles. The summed E-state index contributed by atoms with van der Waals surface area (Å²) in [7, 11) is 1.39. The van der Waals surface area contributed by atoms with Crippen molar-refractivity contribution in [2.45, 2.75) is 6.92 Å². The summed E-state index contributed by atoms with van der Waals surface area (Å²) in [6.45, 7) is 1.91. The Morgan fingerprint density at radius 1 is 1.45 bits per heavy atom. The lowest BCUT2D eigenvalue weighted by molar-refractivity contribution is 0.0520. The standard InChI is InChI=1S/C12H11FIN3O3/c1-3-20-12(18)10-9(15-17-16-10)6-4-7(13)11(19-2)8(14)5-6/h4-5H,3H2,1-2H3,(H,15,16,17). The molecule has 0 atom stereocenters. The van der Waals surface area contributed by atoms with Crippen LogP contribution in [0.4, 0.5) is 4.39 Å². The highest BCUT2D eigenvalue weighted by atomic mass is 127. The molecule has 1 aromatic heterocycles. The van der Waals surface area contributed by atoms with Crippen LogP contribution in [0.15, 0.2) is 12.1 Å². The van der Waals surface area contributed by atoms with Gasteiger partial charge in [-0.1, -0.05) is 0 Å². The van der Waals surface area contributed by atoms with Gasteiger partial charge in [-0.25, -0.2) is 9.18 Å². The third kappa shape index (κ3) is 2.74. The number of hydrogen-bond acceptors (Lipinski definition) is 5. The second-order valence-corrected chi connectivity index (χ2v) is 4.88. The third-order valence-corrected chi connectivity index (χ3v) is 3.29. The summed E-state index contributed by atoms with van der Waals surface area (Å²) in [5.41, 5.74) is 0.680. The molecule has 0 bridgehead atoms. The second kappa shape index (κ2) is 6.16. The van der Waals surface area contributed by atoms with E-state index in [1.165, 1.54) is 13.2 Å². The number of nitrogens with zero attached hydrogens (tertiary/aromatic N) is 2. The minimum Gasteiger partial charge on any atom is -0.493 e. The van der Waals surface area contributed by atoms with Crippen LogP contribution in [0.5, 0.6) is 5.75 Å². The molecule has 2 rings (SSSR count). The summed E-state index contributed by atoms with van der Waals surface area (Å²) in [5.74, 6) is -0.995. The molecule has 0 spiro atoms. The smallest absolute Gasteiger partial charge is 0.361 e. The highest BCUT2D eigenvalue weighted by molar-refractivity contribution is 14.1. The predicted molar refractivity (Wildman–Crippen MR) is 77.0 cm³/mol. The van der Waals surface area contributed by atoms with Crippen LogP contribution in [-0.2, 0) is 4.74 Å². The van der Waals surface area contributed by atoms with Crippen molar-refractivity contribution in [1.29, 1.82) is 0 Å². The Morgan fingerprint density at radius 3 is 2.80 bits per heavy atom. The molecule has 8 heteroatoms. The average molecular weight is 391 g/mol. The summed E-state index contributed by atoms with van der Waals surface area (Å²) < 4.78 is 24.3. The number of H-pyrrole nitrogens is 1. The lowest BCUT2D eigenvalue weighted by Crippen LogP contribution is -2.07. The summed E-state index contributed by atoms with van der Waals surface area (Å²) >= 11 is 1.94. The van der Waals surface area contributed by atoms with E-state index >= 15 is 0 Å². The Morgan fingerprint density at radius 2 is 2.20 bits per heavy atom. The molecule has 2 aromatic rings. The van der Waals surface area contributed by atoms with Crippen molar-refractivity contribution in [2.75, 3.05) is 13.7 Å². The van der Waals surface area contributed by atoms with Crippen molar-refractivity contribution in [1.82, 2.24) is 15.4 Å². The normalized spacial score (nSPS) is 10.4. The van der Waals surface area contributed by atoms with E-state index in [0.29, 0.717) is 9.13 Å². The zero-order valence-corrected chi connectivity index (χ0v) is 12.9. The van der Waals surface area contributed by atoms with Gasteiger partial charge < -0.3 is 9.47 Å². The maximum atomic E-state index is 13.9. The molecule has 0 aliphatic rings. The number of carbonyl (C=O) groups is 1. The molecule has 0 fully saturated rings. The minimum atomic E-state index is -0.609. The van der Waals surface area contributed by atoms with Gasteiger partial charge in [0.15, 0.2) is 17.3 Å². The molecule has 6 nitrogen and oxygen atoms in total. The number of hydrogen-bond donors (Lipinski definition) is 1. The van der Waals surface area contributed by atoms with E-state index in [0.717, 1.165) is 0 Å². The number of aromatic amines is 1. The summed E-state index contributed by atoms with van der Waals surface area (Å²) in [5, 5.41) is 9.97. The quantitative estimate of drug-likeness (QED) is 0.640. The first-order valence-corrected chi connectivity index (χ1v) is 6.77. The molecule has 0 saturated carbocycles. The number of esters is 1. The monoisotopic (exact) mass is 391 g/mol. The fourth-order valence-electron chi connectivity index (χ4n) is 1.67. The van der Waals surface area contributed by atoms with Gasteiger partial charge in [-0.3, -0.25) is 0 Å². The van der Waals surface area contributed by atoms with Crippen molar-refractivity contribution in [3.63, 3.8) is 0 Å². The number of halogens is 2. The van der Waals surface area contributed by atoms with Crippen LogP contribution in [0.2, 0.25) is 0 Å². The Balaban J connectivity index is 2.48. The number of aromatic nitrogens is 3.